The Kier molecular flexibility index (Phi) is 4.15. The predicted octanol–water partition coefficient (Wildman–Crippen LogP) is 0.358. The molecule has 1 aliphatic heterocycles. The van der Waals surface area contributed by atoms with Gasteiger partial charge >= 0.3 is 0 Å². The number of nitrogens with one attached hydrogen (secondary N) is 2. The van der Waals surface area contributed by atoms with Crippen molar-refractivity contribution in [2.75, 3.05) is 6.54 Å². The standard InChI is InChI=1S/C11H22N4O/c1-11(2,3)15-10(12)13-7-8-5-4-6-9(16)14-8/h8H,4-7H2,1-3H3,(H,14,16)(H3,12,13,15). The maximum absolute atomic E-state index is 11.1. The highest BCUT2D eigenvalue weighted by atomic mass is 16.1. The van der Waals surface area contributed by atoms with E-state index in [4.69, 9.17) is 5.73 Å². The summed E-state index contributed by atoms with van der Waals surface area (Å²) in [5.74, 6) is 0.557. The third kappa shape index (κ3) is 5.00. The van der Waals surface area contributed by atoms with Crippen molar-refractivity contribution in [3.8, 4) is 0 Å². The van der Waals surface area contributed by atoms with Crippen molar-refractivity contribution >= 4 is 11.9 Å². The maximum Gasteiger partial charge on any atom is 0.220 e. The molecule has 0 aliphatic carbocycles. The molecule has 0 spiro atoms. The third-order valence-corrected chi connectivity index (χ3v) is 2.31. The molecule has 0 aromatic heterocycles. The van der Waals surface area contributed by atoms with Crippen LogP contribution in [0.1, 0.15) is 40.0 Å². The first kappa shape index (κ1) is 12.8. The number of carbonyl (C=O) groups excluding carboxylic acids is 1. The molecule has 4 N–H and O–H groups in total. The highest BCUT2D eigenvalue weighted by Gasteiger charge is 2.17. The average molecular weight is 226 g/mol. The van der Waals surface area contributed by atoms with Crippen molar-refractivity contribution in [1.82, 2.24) is 10.6 Å². The van der Waals surface area contributed by atoms with Crippen LogP contribution in [0.3, 0.4) is 0 Å². The van der Waals surface area contributed by atoms with E-state index in [0.717, 1.165) is 12.8 Å². The van der Waals surface area contributed by atoms with Crippen molar-refractivity contribution in [3.05, 3.63) is 0 Å². The summed E-state index contributed by atoms with van der Waals surface area (Å²) in [5, 5.41) is 5.99. The van der Waals surface area contributed by atoms with E-state index in [1.54, 1.807) is 0 Å². The molecular formula is C11H22N4O. The van der Waals surface area contributed by atoms with E-state index >= 15 is 0 Å². The number of hydrogen-bond acceptors (Lipinski definition) is 2. The van der Waals surface area contributed by atoms with Crippen LogP contribution in [0.4, 0.5) is 0 Å². The quantitative estimate of drug-likeness (QED) is 0.470. The molecule has 1 fully saturated rings. The first-order valence-electron chi connectivity index (χ1n) is 5.74. The summed E-state index contributed by atoms with van der Waals surface area (Å²) in [6, 6.07) is 0.140. The molecule has 5 nitrogen and oxygen atoms in total. The normalized spacial score (nSPS) is 22.8. The highest BCUT2D eigenvalue weighted by molar-refractivity contribution is 5.79. The van der Waals surface area contributed by atoms with Gasteiger partial charge in [-0.3, -0.25) is 9.79 Å². The average Bonchev–Trinajstić information content (AvgIpc) is 2.12. The van der Waals surface area contributed by atoms with Crippen LogP contribution >= 0.6 is 0 Å². The van der Waals surface area contributed by atoms with Crippen LogP contribution in [0.25, 0.3) is 0 Å². The molecule has 0 radical (unpaired) electrons. The van der Waals surface area contributed by atoms with E-state index in [9.17, 15) is 4.79 Å². The molecule has 92 valence electrons. The molecule has 1 rings (SSSR count). The van der Waals surface area contributed by atoms with Gasteiger partial charge in [-0.25, -0.2) is 0 Å². The predicted molar refractivity (Wildman–Crippen MR) is 65.2 cm³/mol. The summed E-state index contributed by atoms with van der Waals surface area (Å²) in [7, 11) is 0. The summed E-state index contributed by atoms with van der Waals surface area (Å²) in [6.07, 6.45) is 2.56. The summed E-state index contributed by atoms with van der Waals surface area (Å²) in [6.45, 7) is 6.63. The lowest BCUT2D eigenvalue weighted by atomic mass is 10.0. The van der Waals surface area contributed by atoms with Crippen molar-refractivity contribution in [2.45, 2.75) is 51.6 Å². The Hall–Kier alpha value is -1.26. The largest absolute Gasteiger partial charge is 0.370 e. The molecule has 0 aromatic rings. The molecule has 16 heavy (non-hydrogen) atoms. The van der Waals surface area contributed by atoms with Crippen LogP contribution in [-0.2, 0) is 4.79 Å². The number of hydrogen-bond donors (Lipinski definition) is 3. The van der Waals surface area contributed by atoms with E-state index < -0.39 is 0 Å². The molecule has 1 saturated heterocycles. The van der Waals surface area contributed by atoms with Crippen molar-refractivity contribution in [3.63, 3.8) is 0 Å². The molecule has 0 bridgehead atoms. The van der Waals surface area contributed by atoms with Crippen LogP contribution in [0.2, 0.25) is 0 Å². The fourth-order valence-electron chi connectivity index (χ4n) is 1.65. The van der Waals surface area contributed by atoms with Gasteiger partial charge in [-0.1, -0.05) is 0 Å². The zero-order valence-corrected chi connectivity index (χ0v) is 10.3. The molecule has 1 heterocycles. The molecule has 5 heteroatoms. The summed E-state index contributed by atoms with van der Waals surface area (Å²) >= 11 is 0. The van der Waals surface area contributed by atoms with Gasteiger partial charge in [0.25, 0.3) is 0 Å². The molecular weight excluding hydrogens is 204 g/mol. The lowest BCUT2D eigenvalue weighted by Crippen LogP contribution is -2.46. The van der Waals surface area contributed by atoms with Gasteiger partial charge in [0.1, 0.15) is 0 Å². The van der Waals surface area contributed by atoms with Gasteiger partial charge in [-0.2, -0.15) is 0 Å². The smallest absolute Gasteiger partial charge is 0.220 e. The van der Waals surface area contributed by atoms with Gasteiger partial charge in [0.05, 0.1) is 6.54 Å². The van der Waals surface area contributed by atoms with Crippen LogP contribution in [0, 0.1) is 0 Å². The molecule has 1 aliphatic rings. The lowest BCUT2D eigenvalue weighted by Gasteiger charge is -2.23. The maximum atomic E-state index is 11.1. The second-order valence-corrected chi connectivity index (χ2v) is 5.26. The van der Waals surface area contributed by atoms with Crippen LogP contribution in [0.5, 0.6) is 0 Å². The third-order valence-electron chi connectivity index (χ3n) is 2.31. The van der Waals surface area contributed by atoms with Crippen LogP contribution in [-0.4, -0.2) is 30.0 Å². The number of piperidine rings is 1. The minimum atomic E-state index is -0.0800. The van der Waals surface area contributed by atoms with Crippen LogP contribution < -0.4 is 16.4 Å². The van der Waals surface area contributed by atoms with Gasteiger partial charge in [0.15, 0.2) is 5.96 Å². The number of amides is 1. The zero-order valence-electron chi connectivity index (χ0n) is 10.3. The Labute approximate surface area is 96.9 Å². The Balaban J connectivity index is 2.37. The molecule has 0 aromatic carbocycles. The molecule has 1 unspecified atom stereocenters. The fourth-order valence-corrected chi connectivity index (χ4v) is 1.65. The van der Waals surface area contributed by atoms with Crippen LogP contribution in [0.15, 0.2) is 4.99 Å². The van der Waals surface area contributed by atoms with E-state index in [-0.39, 0.29) is 17.5 Å². The first-order chi connectivity index (χ1) is 7.37. The van der Waals surface area contributed by atoms with Crippen molar-refractivity contribution in [2.24, 2.45) is 10.7 Å². The minimum Gasteiger partial charge on any atom is -0.370 e. The van der Waals surface area contributed by atoms with Gasteiger partial charge in [0, 0.05) is 18.0 Å². The number of guanidine groups is 1. The second-order valence-electron chi connectivity index (χ2n) is 5.26. The summed E-state index contributed by atoms with van der Waals surface area (Å²) in [4.78, 5) is 15.4. The van der Waals surface area contributed by atoms with Crippen molar-refractivity contribution < 1.29 is 4.79 Å². The summed E-state index contributed by atoms with van der Waals surface area (Å²) < 4.78 is 0. The van der Waals surface area contributed by atoms with Gasteiger partial charge in [-0.15, -0.1) is 0 Å². The second kappa shape index (κ2) is 5.18. The monoisotopic (exact) mass is 226 g/mol. The first-order valence-corrected chi connectivity index (χ1v) is 5.74. The van der Waals surface area contributed by atoms with E-state index in [2.05, 4.69) is 15.6 Å². The summed E-state index contributed by atoms with van der Waals surface area (Å²) in [5.41, 5.74) is 5.66. The minimum absolute atomic E-state index is 0.0800. The fraction of sp³-hybridized carbons (Fsp3) is 0.818. The molecule has 0 saturated carbocycles. The van der Waals surface area contributed by atoms with E-state index in [1.807, 2.05) is 20.8 Å². The number of nitrogens with zero attached hydrogens (tertiary/aromatic N) is 1. The Morgan fingerprint density at radius 3 is 2.88 bits per heavy atom. The number of aliphatic imine (C=N–C) groups is 1. The Morgan fingerprint density at radius 2 is 2.31 bits per heavy atom. The zero-order chi connectivity index (χ0) is 12.2. The van der Waals surface area contributed by atoms with E-state index in [0.29, 0.717) is 18.9 Å². The van der Waals surface area contributed by atoms with Crippen molar-refractivity contribution in [1.29, 1.82) is 0 Å². The molecule has 1 amide bonds. The Morgan fingerprint density at radius 1 is 1.62 bits per heavy atom. The number of nitrogens with two attached hydrogens (primary N) is 1. The Bertz CT molecular complexity index is 280. The van der Waals surface area contributed by atoms with Gasteiger partial charge in [0.2, 0.25) is 5.91 Å². The highest BCUT2D eigenvalue weighted by Crippen LogP contribution is 2.08. The lowest BCUT2D eigenvalue weighted by molar-refractivity contribution is -0.123. The number of carbonyl (C=O) groups is 1. The van der Waals surface area contributed by atoms with E-state index in [1.165, 1.54) is 0 Å². The topological polar surface area (TPSA) is 79.5 Å². The van der Waals surface area contributed by atoms with Gasteiger partial charge < -0.3 is 16.4 Å². The molecule has 1 atom stereocenters. The number of rotatable bonds is 2. The SMILES string of the molecule is CC(C)(C)NC(N)=NCC1CCCC(=O)N1. The van der Waals surface area contributed by atoms with Gasteiger partial charge in [-0.05, 0) is 33.6 Å².